The molecule has 6 heteroatoms. The van der Waals surface area contributed by atoms with Crippen molar-refractivity contribution in [2.45, 2.75) is 25.1 Å². The maximum absolute atomic E-state index is 12.4. The molecule has 1 fully saturated rings. The van der Waals surface area contributed by atoms with Gasteiger partial charge < -0.3 is 10.1 Å². The Morgan fingerprint density at radius 3 is 2.53 bits per heavy atom. The van der Waals surface area contributed by atoms with Crippen molar-refractivity contribution >= 4 is 5.91 Å². The molecule has 2 rings (SSSR count). The van der Waals surface area contributed by atoms with Crippen LogP contribution in [0.5, 0.6) is 0 Å². The summed E-state index contributed by atoms with van der Waals surface area (Å²) < 4.78 is 42.4. The summed E-state index contributed by atoms with van der Waals surface area (Å²) in [4.78, 5) is 11.7. The second-order valence-corrected chi connectivity index (χ2v) is 4.42. The normalized spacial score (nSPS) is 19.4. The van der Waals surface area contributed by atoms with Crippen LogP contribution in [0.4, 0.5) is 13.2 Å². The van der Waals surface area contributed by atoms with Crippen molar-refractivity contribution in [2.75, 3.05) is 13.2 Å². The van der Waals surface area contributed by atoms with Crippen molar-refractivity contribution in [1.82, 2.24) is 5.32 Å². The summed E-state index contributed by atoms with van der Waals surface area (Å²) in [6.07, 6.45) is -2.50. The summed E-state index contributed by atoms with van der Waals surface area (Å²) in [5.74, 6) is -0.385. The van der Waals surface area contributed by atoms with Crippen molar-refractivity contribution in [3.63, 3.8) is 0 Å². The Labute approximate surface area is 108 Å². The average Bonchev–Trinajstić information content (AvgIpc) is 2.88. The zero-order valence-electron chi connectivity index (χ0n) is 10.2. The molecule has 0 aromatic heterocycles. The summed E-state index contributed by atoms with van der Waals surface area (Å²) >= 11 is 0. The summed E-state index contributed by atoms with van der Waals surface area (Å²) in [5.41, 5.74) is -0.547. The summed E-state index contributed by atoms with van der Waals surface area (Å²) in [5, 5.41) is 2.65. The Balaban J connectivity index is 1.92. The minimum absolute atomic E-state index is 0.0124. The Morgan fingerprint density at radius 1 is 1.32 bits per heavy atom. The van der Waals surface area contributed by atoms with Crippen LogP contribution in [0.2, 0.25) is 0 Å². The fraction of sp³-hybridized carbons (Fsp3) is 0.462. The van der Waals surface area contributed by atoms with Gasteiger partial charge in [-0.15, -0.1) is 0 Å². The van der Waals surface area contributed by atoms with Gasteiger partial charge >= 0.3 is 6.18 Å². The summed E-state index contributed by atoms with van der Waals surface area (Å²) in [7, 11) is 0. The van der Waals surface area contributed by atoms with Crippen LogP contribution in [0, 0.1) is 0 Å². The first-order valence-electron chi connectivity index (χ1n) is 6.04. The molecule has 1 aliphatic rings. The maximum atomic E-state index is 12.4. The Kier molecular flexibility index (Phi) is 4.09. The molecule has 1 aromatic rings. The number of hydrogen-bond donors (Lipinski definition) is 1. The Hall–Kier alpha value is -1.56. The van der Waals surface area contributed by atoms with Gasteiger partial charge in [-0.05, 0) is 37.1 Å². The van der Waals surface area contributed by atoms with E-state index in [1.54, 1.807) is 0 Å². The third kappa shape index (κ3) is 3.70. The fourth-order valence-electron chi connectivity index (χ4n) is 1.92. The lowest BCUT2D eigenvalue weighted by Gasteiger charge is -2.11. The standard InChI is InChI=1S/C13H14F3NO2/c14-13(15,16)10-5-3-9(4-6-10)12(18)17-8-11-2-1-7-19-11/h3-6,11H,1-2,7-8H2,(H,17,18). The van der Waals surface area contributed by atoms with E-state index in [1.165, 1.54) is 12.1 Å². The average molecular weight is 273 g/mol. The van der Waals surface area contributed by atoms with Crippen molar-refractivity contribution in [3.8, 4) is 0 Å². The molecule has 0 radical (unpaired) electrons. The van der Waals surface area contributed by atoms with E-state index in [1.807, 2.05) is 0 Å². The number of nitrogens with one attached hydrogen (secondary N) is 1. The van der Waals surface area contributed by atoms with Gasteiger partial charge in [0.15, 0.2) is 0 Å². The molecule has 1 atom stereocenters. The van der Waals surface area contributed by atoms with Gasteiger partial charge in [-0.25, -0.2) is 0 Å². The van der Waals surface area contributed by atoms with Crippen LogP contribution < -0.4 is 5.32 Å². The van der Waals surface area contributed by atoms with Gasteiger partial charge in [0.2, 0.25) is 0 Å². The lowest BCUT2D eigenvalue weighted by atomic mass is 10.1. The number of carbonyl (C=O) groups is 1. The predicted octanol–water partition coefficient (Wildman–Crippen LogP) is 2.61. The van der Waals surface area contributed by atoms with Gasteiger partial charge in [-0.1, -0.05) is 0 Å². The van der Waals surface area contributed by atoms with E-state index in [2.05, 4.69) is 5.32 Å². The van der Waals surface area contributed by atoms with E-state index in [0.717, 1.165) is 25.0 Å². The van der Waals surface area contributed by atoms with E-state index < -0.39 is 11.7 Å². The third-order valence-electron chi connectivity index (χ3n) is 2.99. The van der Waals surface area contributed by atoms with Crippen molar-refractivity contribution < 1.29 is 22.7 Å². The van der Waals surface area contributed by atoms with Crippen molar-refractivity contribution in [3.05, 3.63) is 35.4 Å². The lowest BCUT2D eigenvalue weighted by molar-refractivity contribution is -0.137. The zero-order valence-corrected chi connectivity index (χ0v) is 10.2. The van der Waals surface area contributed by atoms with E-state index in [9.17, 15) is 18.0 Å². The van der Waals surface area contributed by atoms with Crippen LogP contribution in [0.3, 0.4) is 0 Å². The van der Waals surface area contributed by atoms with Gasteiger partial charge in [0, 0.05) is 18.7 Å². The van der Waals surface area contributed by atoms with Gasteiger partial charge in [0.25, 0.3) is 5.91 Å². The highest BCUT2D eigenvalue weighted by atomic mass is 19.4. The Bertz CT molecular complexity index is 436. The highest BCUT2D eigenvalue weighted by molar-refractivity contribution is 5.94. The monoisotopic (exact) mass is 273 g/mol. The molecule has 3 nitrogen and oxygen atoms in total. The van der Waals surface area contributed by atoms with Crippen LogP contribution in [0.25, 0.3) is 0 Å². The van der Waals surface area contributed by atoms with Crippen LogP contribution in [-0.2, 0) is 10.9 Å². The summed E-state index contributed by atoms with van der Waals surface area (Å²) in [6, 6.07) is 4.16. The molecule has 1 unspecified atom stereocenters. The van der Waals surface area contributed by atoms with E-state index in [4.69, 9.17) is 4.74 Å². The molecule has 1 aliphatic heterocycles. The number of ether oxygens (including phenoxy) is 1. The van der Waals surface area contributed by atoms with E-state index in [-0.39, 0.29) is 17.6 Å². The highest BCUT2D eigenvalue weighted by Gasteiger charge is 2.30. The van der Waals surface area contributed by atoms with Crippen LogP contribution in [0.15, 0.2) is 24.3 Å². The number of amides is 1. The topological polar surface area (TPSA) is 38.3 Å². The zero-order chi connectivity index (χ0) is 13.9. The Morgan fingerprint density at radius 2 is 2.00 bits per heavy atom. The minimum Gasteiger partial charge on any atom is -0.376 e. The second kappa shape index (κ2) is 5.61. The summed E-state index contributed by atoms with van der Waals surface area (Å²) in [6.45, 7) is 1.08. The molecule has 0 bridgehead atoms. The minimum atomic E-state index is -4.38. The number of carbonyl (C=O) groups excluding carboxylic acids is 1. The first kappa shape index (κ1) is 13.9. The molecule has 19 heavy (non-hydrogen) atoms. The smallest absolute Gasteiger partial charge is 0.376 e. The first-order valence-corrected chi connectivity index (χ1v) is 6.04. The van der Waals surface area contributed by atoms with E-state index in [0.29, 0.717) is 13.2 Å². The first-order chi connectivity index (χ1) is 8.97. The fourth-order valence-corrected chi connectivity index (χ4v) is 1.92. The lowest BCUT2D eigenvalue weighted by Crippen LogP contribution is -2.31. The number of halogens is 3. The molecule has 0 aliphatic carbocycles. The second-order valence-electron chi connectivity index (χ2n) is 4.42. The molecule has 0 saturated carbocycles. The van der Waals surface area contributed by atoms with Crippen LogP contribution in [0.1, 0.15) is 28.8 Å². The molecular weight excluding hydrogens is 259 g/mol. The van der Waals surface area contributed by atoms with Crippen LogP contribution >= 0.6 is 0 Å². The molecule has 1 heterocycles. The molecule has 1 amide bonds. The third-order valence-corrected chi connectivity index (χ3v) is 2.99. The number of rotatable bonds is 3. The molecule has 0 spiro atoms. The number of benzene rings is 1. The van der Waals surface area contributed by atoms with Crippen molar-refractivity contribution in [2.24, 2.45) is 0 Å². The molecule has 1 N–H and O–H groups in total. The quantitative estimate of drug-likeness (QED) is 0.919. The maximum Gasteiger partial charge on any atom is 0.416 e. The van der Waals surface area contributed by atoms with Gasteiger partial charge in [-0.3, -0.25) is 4.79 Å². The van der Waals surface area contributed by atoms with Crippen LogP contribution in [-0.4, -0.2) is 25.2 Å². The predicted molar refractivity (Wildman–Crippen MR) is 62.8 cm³/mol. The molecule has 1 saturated heterocycles. The highest BCUT2D eigenvalue weighted by Crippen LogP contribution is 2.29. The largest absolute Gasteiger partial charge is 0.416 e. The SMILES string of the molecule is O=C(NCC1CCCO1)c1ccc(C(F)(F)F)cc1. The number of alkyl halides is 3. The van der Waals surface area contributed by atoms with Gasteiger partial charge in [0.1, 0.15) is 0 Å². The molecule has 1 aromatic carbocycles. The van der Waals surface area contributed by atoms with Gasteiger partial charge in [0.05, 0.1) is 11.7 Å². The van der Waals surface area contributed by atoms with Crippen molar-refractivity contribution in [1.29, 1.82) is 0 Å². The van der Waals surface area contributed by atoms with Gasteiger partial charge in [-0.2, -0.15) is 13.2 Å². The van der Waals surface area contributed by atoms with E-state index >= 15 is 0 Å². The molecule has 104 valence electrons. The molecular formula is C13H14F3NO2. The number of hydrogen-bond acceptors (Lipinski definition) is 2.